The molecular weight excluding hydrogens is 328 g/mol. The van der Waals surface area contributed by atoms with Gasteiger partial charge in [-0.25, -0.2) is 0 Å². The molecule has 1 aromatic carbocycles. The fraction of sp³-hybridized carbons (Fsp3) is 0.571. The number of carboxylic acid groups (broad SMARTS) is 1. The fourth-order valence-electron chi connectivity index (χ4n) is 4.34. The van der Waals surface area contributed by atoms with E-state index in [1.165, 1.54) is 27.7 Å². The number of ether oxygens (including phenoxy) is 1. The topological polar surface area (TPSA) is 65.6 Å². The zero-order valence-corrected chi connectivity index (χ0v) is 16.1. The van der Waals surface area contributed by atoms with E-state index in [2.05, 4.69) is 41.9 Å². The molecule has 5 heteroatoms. The van der Waals surface area contributed by atoms with Gasteiger partial charge in [-0.2, -0.15) is 0 Å². The second-order valence-electron chi connectivity index (χ2n) is 7.72. The van der Waals surface area contributed by atoms with Crippen LogP contribution in [0, 0.1) is 19.3 Å². The zero-order valence-electron chi connectivity index (χ0n) is 16.1. The molecule has 0 unspecified atom stereocenters. The molecule has 1 aliphatic rings. The summed E-state index contributed by atoms with van der Waals surface area (Å²) in [5.74, 6) is -0.664. The van der Waals surface area contributed by atoms with E-state index >= 15 is 0 Å². The largest absolute Gasteiger partial charge is 0.481 e. The minimum absolute atomic E-state index is 0.611. The van der Waals surface area contributed by atoms with Crippen LogP contribution in [-0.4, -0.2) is 47.8 Å². The lowest BCUT2D eigenvalue weighted by atomic mass is 9.76. The van der Waals surface area contributed by atoms with Crippen molar-refractivity contribution in [2.24, 2.45) is 5.41 Å². The average molecular weight is 358 g/mol. The number of para-hydroxylation sites is 1. The number of nitrogens with one attached hydrogen (secondary N) is 1. The van der Waals surface area contributed by atoms with Crippen molar-refractivity contribution in [3.05, 3.63) is 35.0 Å². The van der Waals surface area contributed by atoms with Crippen molar-refractivity contribution in [1.82, 2.24) is 9.88 Å². The first kappa shape index (κ1) is 18.9. The van der Waals surface area contributed by atoms with Gasteiger partial charge in [0.25, 0.3) is 0 Å². The van der Waals surface area contributed by atoms with Gasteiger partial charge in [0, 0.05) is 43.4 Å². The summed E-state index contributed by atoms with van der Waals surface area (Å²) < 4.78 is 5.13. The minimum Gasteiger partial charge on any atom is -0.481 e. The van der Waals surface area contributed by atoms with E-state index in [1.54, 1.807) is 7.11 Å². The van der Waals surface area contributed by atoms with Gasteiger partial charge in [0.15, 0.2) is 0 Å². The van der Waals surface area contributed by atoms with Crippen LogP contribution in [0.1, 0.15) is 42.5 Å². The number of H-pyrrole nitrogens is 1. The summed E-state index contributed by atoms with van der Waals surface area (Å²) in [4.78, 5) is 17.9. The van der Waals surface area contributed by atoms with Crippen molar-refractivity contribution >= 4 is 16.9 Å². The predicted octanol–water partition coefficient (Wildman–Crippen LogP) is 3.88. The van der Waals surface area contributed by atoms with Crippen LogP contribution in [0.15, 0.2) is 18.2 Å². The Morgan fingerprint density at radius 1 is 1.38 bits per heavy atom. The number of carbonyl (C=O) groups is 1. The number of benzene rings is 1. The van der Waals surface area contributed by atoms with Crippen molar-refractivity contribution in [3.63, 3.8) is 0 Å². The van der Waals surface area contributed by atoms with Gasteiger partial charge in [-0.1, -0.05) is 18.2 Å². The Bertz CT molecular complexity index is 783. The number of aromatic amines is 1. The summed E-state index contributed by atoms with van der Waals surface area (Å²) >= 11 is 0. The SMILES string of the molecule is COCCC[C@@]1(C(=O)O)CCCN(Cc2[nH]c3c(C)cccc3c2C)C1. The first-order chi connectivity index (χ1) is 12.5. The molecule has 5 nitrogen and oxygen atoms in total. The molecule has 142 valence electrons. The van der Waals surface area contributed by atoms with Crippen LogP contribution in [0.5, 0.6) is 0 Å². The monoisotopic (exact) mass is 358 g/mol. The van der Waals surface area contributed by atoms with Gasteiger partial charge < -0.3 is 14.8 Å². The van der Waals surface area contributed by atoms with Gasteiger partial charge in [0.1, 0.15) is 0 Å². The highest BCUT2D eigenvalue weighted by atomic mass is 16.5. The van der Waals surface area contributed by atoms with Gasteiger partial charge >= 0.3 is 5.97 Å². The van der Waals surface area contributed by atoms with Crippen LogP contribution < -0.4 is 0 Å². The number of piperidine rings is 1. The fourth-order valence-corrected chi connectivity index (χ4v) is 4.34. The molecule has 0 spiro atoms. The first-order valence-corrected chi connectivity index (χ1v) is 9.48. The molecule has 1 saturated heterocycles. The summed E-state index contributed by atoms with van der Waals surface area (Å²) in [7, 11) is 1.67. The Labute approximate surface area is 155 Å². The number of aromatic nitrogens is 1. The number of hydrogen-bond donors (Lipinski definition) is 2. The second-order valence-corrected chi connectivity index (χ2v) is 7.72. The lowest BCUT2D eigenvalue weighted by Crippen LogP contribution is -2.47. The Hall–Kier alpha value is -1.85. The van der Waals surface area contributed by atoms with Gasteiger partial charge in [-0.3, -0.25) is 9.69 Å². The molecule has 0 saturated carbocycles. The molecule has 2 heterocycles. The lowest BCUT2D eigenvalue weighted by Gasteiger charge is -2.40. The van der Waals surface area contributed by atoms with Crippen molar-refractivity contribution < 1.29 is 14.6 Å². The number of methoxy groups -OCH3 is 1. The number of rotatable bonds is 7. The van der Waals surface area contributed by atoms with Crippen LogP contribution in [-0.2, 0) is 16.1 Å². The van der Waals surface area contributed by atoms with Gasteiger partial charge in [-0.05, 0) is 57.2 Å². The zero-order chi connectivity index (χ0) is 18.7. The average Bonchev–Trinajstić information content (AvgIpc) is 2.93. The number of carboxylic acids is 1. The summed E-state index contributed by atoms with van der Waals surface area (Å²) in [6.07, 6.45) is 3.16. The highest BCUT2D eigenvalue weighted by Gasteiger charge is 2.41. The Kier molecular flexibility index (Phi) is 5.68. The molecule has 2 aromatic rings. The van der Waals surface area contributed by atoms with E-state index in [4.69, 9.17) is 4.74 Å². The highest BCUT2D eigenvalue weighted by Crippen LogP contribution is 2.36. The maximum absolute atomic E-state index is 12.0. The standard InChI is InChI=1S/C21H30N2O3/c1-15-7-4-8-17-16(2)18(22-19(15)17)13-23-11-5-9-21(14-23,20(24)25)10-6-12-26-3/h4,7-8,22H,5-6,9-14H2,1-3H3,(H,24,25)/t21-/m0/s1. The summed E-state index contributed by atoms with van der Waals surface area (Å²) in [6, 6.07) is 6.36. The highest BCUT2D eigenvalue weighted by molar-refractivity contribution is 5.87. The number of nitrogens with zero attached hydrogens (tertiary/aromatic N) is 1. The molecule has 0 radical (unpaired) electrons. The molecule has 3 rings (SSSR count). The van der Waals surface area contributed by atoms with Crippen LogP contribution >= 0.6 is 0 Å². The maximum Gasteiger partial charge on any atom is 0.310 e. The minimum atomic E-state index is -0.664. The number of likely N-dealkylation sites (tertiary alicyclic amines) is 1. The van der Waals surface area contributed by atoms with E-state index in [9.17, 15) is 9.90 Å². The van der Waals surface area contributed by atoms with Crippen molar-refractivity contribution in [2.75, 3.05) is 26.8 Å². The molecule has 1 aliphatic heterocycles. The molecular formula is C21H30N2O3. The van der Waals surface area contributed by atoms with E-state index in [0.717, 1.165) is 32.4 Å². The van der Waals surface area contributed by atoms with E-state index in [0.29, 0.717) is 19.6 Å². The molecule has 0 aliphatic carbocycles. The lowest BCUT2D eigenvalue weighted by molar-refractivity contribution is -0.153. The third kappa shape index (κ3) is 3.64. The number of aryl methyl sites for hydroxylation is 2. The van der Waals surface area contributed by atoms with Gasteiger partial charge in [0.05, 0.1) is 5.41 Å². The Morgan fingerprint density at radius 2 is 2.19 bits per heavy atom. The van der Waals surface area contributed by atoms with Crippen LogP contribution in [0.25, 0.3) is 10.9 Å². The van der Waals surface area contributed by atoms with E-state index in [1.807, 2.05) is 0 Å². The molecule has 0 amide bonds. The number of fused-ring (bicyclic) bond motifs is 1. The van der Waals surface area contributed by atoms with Crippen molar-refractivity contribution in [1.29, 1.82) is 0 Å². The van der Waals surface area contributed by atoms with Crippen LogP contribution in [0.4, 0.5) is 0 Å². The second kappa shape index (κ2) is 7.80. The van der Waals surface area contributed by atoms with E-state index < -0.39 is 11.4 Å². The van der Waals surface area contributed by atoms with Crippen molar-refractivity contribution in [3.8, 4) is 0 Å². The third-order valence-corrected chi connectivity index (χ3v) is 5.90. The summed E-state index contributed by atoms with van der Waals surface area (Å²) in [5.41, 5.74) is 4.27. The number of aliphatic carboxylic acids is 1. The van der Waals surface area contributed by atoms with Gasteiger partial charge in [0.2, 0.25) is 0 Å². The first-order valence-electron chi connectivity index (χ1n) is 9.48. The summed E-state index contributed by atoms with van der Waals surface area (Å²) in [5, 5.41) is 11.2. The molecule has 26 heavy (non-hydrogen) atoms. The molecule has 0 bridgehead atoms. The van der Waals surface area contributed by atoms with Crippen LogP contribution in [0.2, 0.25) is 0 Å². The van der Waals surface area contributed by atoms with E-state index in [-0.39, 0.29) is 0 Å². The van der Waals surface area contributed by atoms with Gasteiger partial charge in [-0.15, -0.1) is 0 Å². The smallest absolute Gasteiger partial charge is 0.310 e. The molecule has 2 N–H and O–H groups in total. The quantitative estimate of drug-likeness (QED) is 0.737. The Balaban J connectivity index is 1.78. The normalized spacial score (nSPS) is 21.3. The van der Waals surface area contributed by atoms with Crippen molar-refractivity contribution in [2.45, 2.75) is 46.1 Å². The predicted molar refractivity (Wildman–Crippen MR) is 103 cm³/mol. The summed E-state index contributed by atoms with van der Waals surface area (Å²) in [6.45, 7) is 7.23. The van der Waals surface area contributed by atoms with Crippen LogP contribution in [0.3, 0.4) is 0 Å². The molecule has 1 fully saturated rings. The Morgan fingerprint density at radius 3 is 2.88 bits per heavy atom. The molecule has 1 atom stereocenters. The maximum atomic E-state index is 12.0. The third-order valence-electron chi connectivity index (χ3n) is 5.90. The molecule has 1 aromatic heterocycles. The number of hydrogen-bond acceptors (Lipinski definition) is 3.